The quantitative estimate of drug-likeness (QED) is 0.374. The van der Waals surface area contributed by atoms with Crippen molar-refractivity contribution in [1.29, 1.82) is 0 Å². The number of aromatic nitrogens is 5. The monoisotopic (exact) mass is 459 g/mol. The van der Waals surface area contributed by atoms with Crippen LogP contribution in [0.3, 0.4) is 0 Å². The second-order valence-electron chi connectivity index (χ2n) is 7.86. The summed E-state index contributed by atoms with van der Waals surface area (Å²) in [4.78, 5) is 31.1. The van der Waals surface area contributed by atoms with Crippen molar-refractivity contribution < 1.29 is 9.47 Å². The van der Waals surface area contributed by atoms with E-state index in [-0.39, 0.29) is 13.2 Å². The van der Waals surface area contributed by atoms with E-state index in [1.807, 2.05) is 72.3 Å². The van der Waals surface area contributed by atoms with Gasteiger partial charge in [0.15, 0.2) is 11.2 Å². The smallest absolute Gasteiger partial charge is 0.332 e. The van der Waals surface area contributed by atoms with Gasteiger partial charge in [-0.05, 0) is 19.1 Å². The molecule has 0 amide bonds. The number of aryl methyl sites for hydroxylation is 1. The van der Waals surface area contributed by atoms with Crippen molar-refractivity contribution in [2.75, 3.05) is 20.3 Å². The highest BCUT2D eigenvalue weighted by atomic mass is 16.5. The van der Waals surface area contributed by atoms with Crippen LogP contribution in [0.1, 0.15) is 6.92 Å². The Morgan fingerprint density at radius 1 is 1.00 bits per heavy atom. The van der Waals surface area contributed by atoms with Crippen LogP contribution in [0, 0.1) is 0 Å². The first kappa shape index (κ1) is 21.7. The Morgan fingerprint density at radius 3 is 2.47 bits per heavy atom. The van der Waals surface area contributed by atoms with E-state index in [0.29, 0.717) is 29.3 Å². The minimum absolute atomic E-state index is 0.157. The lowest BCUT2D eigenvalue weighted by molar-refractivity contribution is 0.184. The third kappa shape index (κ3) is 3.32. The number of para-hydroxylation sites is 2. The van der Waals surface area contributed by atoms with Gasteiger partial charge in [-0.2, -0.15) is 4.98 Å². The standard InChI is InChI=1S/C25H25N5O4/c1-4-34-20-13-9-8-12-18(20)30-19(17-10-6-5-7-11-17)16-29-21-22(26-24(29)30)27(2)25(32)28(23(21)31)14-15-33-3/h5-13,16H,4,14-15H2,1-3H3. The maximum atomic E-state index is 13.4. The van der Waals surface area contributed by atoms with Gasteiger partial charge in [0.05, 0.1) is 31.1 Å². The summed E-state index contributed by atoms with van der Waals surface area (Å²) in [6, 6.07) is 17.6. The number of nitrogens with zero attached hydrogens (tertiary/aromatic N) is 5. The summed E-state index contributed by atoms with van der Waals surface area (Å²) in [5.74, 6) is 1.20. The van der Waals surface area contributed by atoms with Crippen molar-refractivity contribution in [1.82, 2.24) is 23.1 Å². The summed E-state index contributed by atoms with van der Waals surface area (Å²) >= 11 is 0. The van der Waals surface area contributed by atoms with Crippen LogP contribution in [0.25, 0.3) is 33.9 Å². The maximum Gasteiger partial charge on any atom is 0.332 e. The van der Waals surface area contributed by atoms with Crippen molar-refractivity contribution in [2.45, 2.75) is 13.5 Å². The molecule has 174 valence electrons. The molecule has 0 N–H and O–H groups in total. The van der Waals surface area contributed by atoms with Gasteiger partial charge < -0.3 is 9.47 Å². The maximum absolute atomic E-state index is 13.4. The number of rotatable bonds is 7. The van der Waals surface area contributed by atoms with E-state index in [1.165, 1.54) is 16.2 Å². The molecule has 0 atom stereocenters. The highest BCUT2D eigenvalue weighted by molar-refractivity contribution is 5.80. The molecule has 9 nitrogen and oxygen atoms in total. The fourth-order valence-electron chi connectivity index (χ4n) is 4.25. The molecule has 0 unspecified atom stereocenters. The lowest BCUT2D eigenvalue weighted by atomic mass is 10.1. The molecule has 0 bridgehead atoms. The van der Waals surface area contributed by atoms with E-state index in [9.17, 15) is 9.59 Å². The highest BCUT2D eigenvalue weighted by Crippen LogP contribution is 2.32. The molecule has 0 saturated heterocycles. The fourth-order valence-corrected chi connectivity index (χ4v) is 4.25. The van der Waals surface area contributed by atoms with E-state index < -0.39 is 11.2 Å². The van der Waals surface area contributed by atoms with Crippen molar-refractivity contribution in [3.8, 4) is 22.7 Å². The zero-order valence-electron chi connectivity index (χ0n) is 19.3. The Labute approximate surface area is 195 Å². The first-order valence-electron chi connectivity index (χ1n) is 11.1. The molecular formula is C25H25N5O4. The molecule has 0 aliphatic carbocycles. The van der Waals surface area contributed by atoms with Crippen LogP contribution in [-0.2, 0) is 18.3 Å². The van der Waals surface area contributed by atoms with Gasteiger partial charge in [-0.15, -0.1) is 0 Å². The lowest BCUT2D eigenvalue weighted by Crippen LogP contribution is -2.40. The molecule has 3 aromatic heterocycles. The molecule has 5 rings (SSSR count). The molecule has 0 aliphatic heterocycles. The van der Waals surface area contributed by atoms with E-state index >= 15 is 0 Å². The second kappa shape index (κ2) is 8.68. The molecule has 9 heteroatoms. The van der Waals surface area contributed by atoms with Gasteiger partial charge in [-0.3, -0.25) is 22.9 Å². The second-order valence-corrected chi connectivity index (χ2v) is 7.86. The third-order valence-electron chi connectivity index (χ3n) is 5.84. The van der Waals surface area contributed by atoms with Gasteiger partial charge in [0, 0.05) is 25.9 Å². The lowest BCUT2D eigenvalue weighted by Gasteiger charge is -2.14. The first-order valence-corrected chi connectivity index (χ1v) is 11.1. The molecule has 0 saturated carbocycles. The fraction of sp³-hybridized carbons (Fsp3) is 0.240. The molecule has 0 aliphatic rings. The molecule has 0 spiro atoms. The molecule has 2 aromatic carbocycles. The van der Waals surface area contributed by atoms with Gasteiger partial charge in [-0.1, -0.05) is 42.5 Å². The number of ether oxygens (including phenoxy) is 2. The summed E-state index contributed by atoms with van der Waals surface area (Å²) in [5, 5.41) is 0. The Hall–Kier alpha value is -4.11. The zero-order chi connectivity index (χ0) is 23.8. The largest absolute Gasteiger partial charge is 0.492 e. The molecule has 0 fully saturated rings. The molecular weight excluding hydrogens is 434 g/mol. The normalized spacial score (nSPS) is 11.5. The van der Waals surface area contributed by atoms with E-state index in [4.69, 9.17) is 14.5 Å². The number of imidazole rings is 2. The summed E-state index contributed by atoms with van der Waals surface area (Å²) in [5.41, 5.74) is 2.40. The van der Waals surface area contributed by atoms with Gasteiger partial charge in [-0.25, -0.2) is 4.79 Å². The van der Waals surface area contributed by atoms with Gasteiger partial charge in [0.2, 0.25) is 5.78 Å². The van der Waals surface area contributed by atoms with E-state index in [2.05, 4.69) is 0 Å². The Morgan fingerprint density at radius 2 is 1.74 bits per heavy atom. The average molecular weight is 460 g/mol. The minimum atomic E-state index is -0.431. The zero-order valence-corrected chi connectivity index (χ0v) is 19.3. The highest BCUT2D eigenvalue weighted by Gasteiger charge is 2.23. The van der Waals surface area contributed by atoms with Crippen molar-refractivity contribution in [3.63, 3.8) is 0 Å². The summed E-state index contributed by atoms with van der Waals surface area (Å²) in [6.07, 6.45) is 1.88. The summed E-state index contributed by atoms with van der Waals surface area (Å²) < 4.78 is 17.3. The third-order valence-corrected chi connectivity index (χ3v) is 5.84. The predicted octanol–water partition coefficient (Wildman–Crippen LogP) is 2.85. The number of fused-ring (bicyclic) bond motifs is 3. The molecule has 34 heavy (non-hydrogen) atoms. The minimum Gasteiger partial charge on any atom is -0.492 e. The van der Waals surface area contributed by atoms with E-state index in [1.54, 1.807) is 11.4 Å². The average Bonchev–Trinajstić information content (AvgIpc) is 3.40. The number of hydrogen-bond donors (Lipinski definition) is 0. The van der Waals surface area contributed by atoms with Crippen LogP contribution < -0.4 is 16.0 Å². The summed E-state index contributed by atoms with van der Waals surface area (Å²) in [7, 11) is 3.16. The van der Waals surface area contributed by atoms with Crippen LogP contribution in [-0.4, -0.2) is 43.4 Å². The summed E-state index contributed by atoms with van der Waals surface area (Å²) in [6.45, 7) is 2.85. The molecule has 5 aromatic rings. The SMILES string of the molecule is CCOc1ccccc1-n1c(-c2ccccc2)cn2c3c(=O)n(CCOC)c(=O)n(C)c3nc12. The van der Waals surface area contributed by atoms with Crippen LogP contribution in [0.2, 0.25) is 0 Å². The number of hydrogen-bond acceptors (Lipinski definition) is 5. The van der Waals surface area contributed by atoms with Crippen LogP contribution in [0.15, 0.2) is 70.4 Å². The number of benzene rings is 2. The van der Waals surface area contributed by atoms with Crippen LogP contribution in [0.4, 0.5) is 0 Å². The predicted molar refractivity (Wildman–Crippen MR) is 130 cm³/mol. The van der Waals surface area contributed by atoms with Crippen molar-refractivity contribution >= 4 is 16.9 Å². The molecule has 3 heterocycles. The van der Waals surface area contributed by atoms with E-state index in [0.717, 1.165) is 16.9 Å². The first-order chi connectivity index (χ1) is 16.6. The Bertz CT molecular complexity index is 1610. The van der Waals surface area contributed by atoms with Gasteiger partial charge in [0.1, 0.15) is 5.75 Å². The van der Waals surface area contributed by atoms with Gasteiger partial charge >= 0.3 is 5.69 Å². The van der Waals surface area contributed by atoms with Crippen molar-refractivity contribution in [3.05, 3.63) is 81.6 Å². The van der Waals surface area contributed by atoms with Crippen molar-refractivity contribution in [2.24, 2.45) is 7.05 Å². The van der Waals surface area contributed by atoms with Crippen LogP contribution in [0.5, 0.6) is 5.75 Å². The number of methoxy groups -OCH3 is 1. The Balaban J connectivity index is 1.91. The topological polar surface area (TPSA) is 84.7 Å². The molecule has 0 radical (unpaired) electrons. The van der Waals surface area contributed by atoms with Crippen LogP contribution >= 0.6 is 0 Å². The Kier molecular flexibility index (Phi) is 5.54. The van der Waals surface area contributed by atoms with Gasteiger partial charge in [0.25, 0.3) is 5.56 Å².